The smallest absolute Gasteiger partial charge is 0.126 e. The van der Waals surface area contributed by atoms with E-state index in [0.29, 0.717) is 11.3 Å². The summed E-state index contributed by atoms with van der Waals surface area (Å²) >= 11 is 0. The van der Waals surface area contributed by atoms with Gasteiger partial charge in [-0.05, 0) is 68.1 Å². The Morgan fingerprint density at radius 2 is 2.14 bits per heavy atom. The molecule has 0 aromatic rings. The predicted octanol–water partition coefficient (Wildman–Crippen LogP) is 3.90. The Kier molecular flexibility index (Phi) is 3.38. The molecular weight excluding hydrogens is 272 g/mol. The molecule has 0 heterocycles. The van der Waals surface area contributed by atoms with E-state index in [1.807, 2.05) is 0 Å². The van der Waals surface area contributed by atoms with Crippen LogP contribution in [0.4, 0.5) is 0 Å². The minimum Gasteiger partial charge on any atom is -0.395 e. The van der Waals surface area contributed by atoms with Crippen LogP contribution in [0.3, 0.4) is 0 Å². The van der Waals surface area contributed by atoms with Crippen molar-refractivity contribution in [1.29, 1.82) is 0 Å². The number of aliphatic hydroxyl groups excluding tert-OH is 1. The van der Waals surface area contributed by atoms with E-state index >= 15 is 0 Å². The van der Waals surface area contributed by atoms with E-state index in [0.717, 1.165) is 37.4 Å². The standard InChI is InChI=1S/C20H28O2/c1-19-8-2-3-17(19)16-5-4-15-11-14(12-21)6-10-20(15,13-22)18(16)7-9-19/h2,8,11-12,14,16-18,22H,3-7,9-10,13H2,1H3/t14?,16-,17-,18-,19-,20+/m0/s1. The van der Waals surface area contributed by atoms with Crippen LogP contribution < -0.4 is 0 Å². The molecular formula is C20H28O2. The molecule has 0 radical (unpaired) electrons. The van der Waals surface area contributed by atoms with Gasteiger partial charge in [-0.15, -0.1) is 0 Å². The van der Waals surface area contributed by atoms with Crippen molar-refractivity contribution in [2.24, 2.45) is 34.5 Å². The maximum Gasteiger partial charge on any atom is 0.126 e. The number of aldehydes is 1. The van der Waals surface area contributed by atoms with Crippen LogP contribution >= 0.6 is 0 Å². The molecule has 0 aromatic carbocycles. The summed E-state index contributed by atoms with van der Waals surface area (Å²) in [6.07, 6.45) is 16.2. The third-order valence-corrected chi connectivity index (χ3v) is 7.66. The first kappa shape index (κ1) is 14.7. The maximum absolute atomic E-state index is 11.2. The Morgan fingerprint density at radius 1 is 1.27 bits per heavy atom. The number of allylic oxidation sites excluding steroid dienone is 3. The number of hydrogen-bond donors (Lipinski definition) is 1. The molecule has 22 heavy (non-hydrogen) atoms. The SMILES string of the molecule is C[C@@]12C=CC[C@H]1[C@@H]1CCC3=CC(C=O)CC[C@]3(CO)[C@H]1CC2. The summed E-state index contributed by atoms with van der Waals surface area (Å²) in [5, 5.41) is 10.3. The van der Waals surface area contributed by atoms with Gasteiger partial charge in [-0.3, -0.25) is 0 Å². The molecule has 1 N–H and O–H groups in total. The molecule has 2 nitrogen and oxygen atoms in total. The molecule has 4 rings (SSSR count). The first-order valence-electron chi connectivity index (χ1n) is 9.08. The number of aliphatic hydroxyl groups is 1. The van der Waals surface area contributed by atoms with E-state index in [-0.39, 0.29) is 17.9 Å². The van der Waals surface area contributed by atoms with Crippen LogP contribution in [0, 0.1) is 34.5 Å². The van der Waals surface area contributed by atoms with Crippen molar-refractivity contribution in [1.82, 2.24) is 0 Å². The third-order valence-electron chi connectivity index (χ3n) is 7.66. The number of rotatable bonds is 2. The van der Waals surface area contributed by atoms with Crippen LogP contribution in [0.1, 0.15) is 51.9 Å². The second-order valence-corrected chi connectivity index (χ2v) is 8.44. The van der Waals surface area contributed by atoms with Gasteiger partial charge in [0.2, 0.25) is 0 Å². The molecule has 2 fully saturated rings. The van der Waals surface area contributed by atoms with Crippen molar-refractivity contribution in [3.05, 3.63) is 23.8 Å². The van der Waals surface area contributed by atoms with Crippen molar-refractivity contribution in [3.63, 3.8) is 0 Å². The van der Waals surface area contributed by atoms with Gasteiger partial charge in [0.15, 0.2) is 0 Å². The van der Waals surface area contributed by atoms with Gasteiger partial charge >= 0.3 is 0 Å². The average Bonchev–Trinajstić information content (AvgIpc) is 2.95. The van der Waals surface area contributed by atoms with E-state index in [9.17, 15) is 9.90 Å². The monoisotopic (exact) mass is 300 g/mol. The number of fused-ring (bicyclic) bond motifs is 5. The second-order valence-electron chi connectivity index (χ2n) is 8.44. The molecule has 0 bridgehead atoms. The molecule has 0 aliphatic heterocycles. The van der Waals surface area contributed by atoms with Gasteiger partial charge in [-0.25, -0.2) is 0 Å². The maximum atomic E-state index is 11.2. The van der Waals surface area contributed by atoms with E-state index in [2.05, 4.69) is 25.2 Å². The lowest BCUT2D eigenvalue weighted by molar-refractivity contribution is -0.111. The van der Waals surface area contributed by atoms with Crippen molar-refractivity contribution >= 4 is 6.29 Å². The lowest BCUT2D eigenvalue weighted by atomic mass is 9.47. The summed E-state index contributed by atoms with van der Waals surface area (Å²) < 4.78 is 0. The molecule has 6 atom stereocenters. The zero-order valence-electron chi connectivity index (χ0n) is 13.6. The zero-order chi connectivity index (χ0) is 15.4. The van der Waals surface area contributed by atoms with Gasteiger partial charge < -0.3 is 9.90 Å². The van der Waals surface area contributed by atoms with Gasteiger partial charge in [-0.2, -0.15) is 0 Å². The molecule has 0 saturated heterocycles. The van der Waals surface area contributed by atoms with Crippen molar-refractivity contribution < 1.29 is 9.90 Å². The van der Waals surface area contributed by atoms with Crippen molar-refractivity contribution in [2.75, 3.05) is 6.61 Å². The summed E-state index contributed by atoms with van der Waals surface area (Å²) in [7, 11) is 0. The normalized spacial score (nSPS) is 49.8. The Balaban J connectivity index is 1.70. The fourth-order valence-electron chi connectivity index (χ4n) is 6.43. The second kappa shape index (κ2) is 5.06. The minimum absolute atomic E-state index is 0.00759. The molecule has 1 unspecified atom stereocenters. The van der Waals surface area contributed by atoms with E-state index in [1.165, 1.54) is 31.3 Å². The summed E-state index contributed by atoms with van der Waals surface area (Å²) in [6.45, 7) is 2.72. The highest BCUT2D eigenvalue weighted by molar-refractivity contribution is 5.58. The average molecular weight is 300 g/mol. The van der Waals surface area contributed by atoms with E-state index < -0.39 is 0 Å². The van der Waals surface area contributed by atoms with Gasteiger partial charge in [-0.1, -0.05) is 30.7 Å². The van der Waals surface area contributed by atoms with E-state index in [1.54, 1.807) is 0 Å². The van der Waals surface area contributed by atoms with Gasteiger partial charge in [0.1, 0.15) is 6.29 Å². The largest absolute Gasteiger partial charge is 0.395 e. The molecule has 120 valence electrons. The Morgan fingerprint density at radius 3 is 2.91 bits per heavy atom. The summed E-state index contributed by atoms with van der Waals surface area (Å²) in [5.74, 6) is 2.25. The van der Waals surface area contributed by atoms with Gasteiger partial charge in [0.05, 0.1) is 6.61 Å². The zero-order valence-corrected chi connectivity index (χ0v) is 13.6. The highest BCUT2D eigenvalue weighted by Gasteiger charge is 2.56. The molecule has 2 heteroatoms. The fraction of sp³-hybridized carbons (Fsp3) is 0.750. The van der Waals surface area contributed by atoms with Crippen LogP contribution in [0.25, 0.3) is 0 Å². The van der Waals surface area contributed by atoms with Crippen molar-refractivity contribution in [2.45, 2.75) is 51.9 Å². The quantitative estimate of drug-likeness (QED) is 0.620. The van der Waals surface area contributed by atoms with Crippen LogP contribution in [0.15, 0.2) is 23.8 Å². The Hall–Kier alpha value is -0.890. The predicted molar refractivity (Wildman–Crippen MR) is 87.2 cm³/mol. The highest BCUT2D eigenvalue weighted by atomic mass is 16.3. The van der Waals surface area contributed by atoms with Crippen LogP contribution in [0.5, 0.6) is 0 Å². The number of carbonyl (C=O) groups is 1. The lowest BCUT2D eigenvalue weighted by Gasteiger charge is -2.58. The van der Waals surface area contributed by atoms with Crippen LogP contribution in [-0.4, -0.2) is 18.0 Å². The first-order valence-corrected chi connectivity index (χ1v) is 9.08. The van der Waals surface area contributed by atoms with Gasteiger partial charge in [0, 0.05) is 11.3 Å². The first-order chi connectivity index (χ1) is 10.6. The lowest BCUT2D eigenvalue weighted by Crippen LogP contribution is -2.52. The highest BCUT2D eigenvalue weighted by Crippen LogP contribution is 2.64. The molecule has 0 amide bonds. The molecule has 0 spiro atoms. The Bertz CT molecular complexity index is 534. The van der Waals surface area contributed by atoms with Crippen LogP contribution in [-0.2, 0) is 4.79 Å². The molecule has 4 aliphatic carbocycles. The van der Waals surface area contributed by atoms with Gasteiger partial charge in [0.25, 0.3) is 0 Å². The summed E-state index contributed by atoms with van der Waals surface area (Å²) in [6, 6.07) is 0. The molecule has 4 aliphatic rings. The minimum atomic E-state index is -0.00759. The fourth-order valence-corrected chi connectivity index (χ4v) is 6.43. The summed E-state index contributed by atoms with van der Waals surface area (Å²) in [4.78, 5) is 11.2. The molecule has 2 saturated carbocycles. The number of carbonyl (C=O) groups excluding carboxylic acids is 1. The van der Waals surface area contributed by atoms with Crippen LogP contribution in [0.2, 0.25) is 0 Å². The third kappa shape index (κ3) is 1.86. The summed E-state index contributed by atoms with van der Waals surface area (Å²) in [5.41, 5.74) is 1.81. The number of hydrogen-bond acceptors (Lipinski definition) is 2. The van der Waals surface area contributed by atoms with Crippen molar-refractivity contribution in [3.8, 4) is 0 Å². The molecule has 0 aromatic heterocycles. The Labute approximate surface area is 133 Å². The topological polar surface area (TPSA) is 37.3 Å². The van der Waals surface area contributed by atoms with E-state index in [4.69, 9.17) is 0 Å².